The molecule has 22 heavy (non-hydrogen) atoms. The van der Waals surface area contributed by atoms with Crippen molar-refractivity contribution < 1.29 is 9.76 Å². The Labute approximate surface area is 138 Å². The first-order chi connectivity index (χ1) is 10.2. The van der Waals surface area contributed by atoms with Crippen LogP contribution >= 0.6 is 11.6 Å². The van der Waals surface area contributed by atoms with Gasteiger partial charge < -0.3 is 9.76 Å². The maximum Gasteiger partial charge on any atom is 0.331 e. The number of rotatable bonds is 5. The fourth-order valence-electron chi connectivity index (χ4n) is 1.85. The molecule has 2 aromatic carbocycles. The first-order valence-electron chi connectivity index (χ1n) is 7.29. The third kappa shape index (κ3) is 3.92. The molecule has 1 N–H and O–H groups in total. The molecule has 2 rings (SSSR count). The second kappa shape index (κ2) is 6.45. The van der Waals surface area contributed by atoms with Crippen molar-refractivity contribution in [1.82, 2.24) is 0 Å². The maximum atomic E-state index is 10.2. The zero-order chi connectivity index (χ0) is 16.4. The van der Waals surface area contributed by atoms with Crippen molar-refractivity contribution in [2.75, 3.05) is 0 Å². The first-order valence-corrected chi connectivity index (χ1v) is 7.67. The minimum absolute atomic E-state index is 0.694. The van der Waals surface area contributed by atoms with Crippen LogP contribution in [0.1, 0.15) is 27.7 Å². The largest absolute Gasteiger partial charge is 0.427 e. The summed E-state index contributed by atoms with van der Waals surface area (Å²) in [7, 11) is 1.71. The third-order valence-corrected chi connectivity index (χ3v) is 4.32. The molecule has 0 fully saturated rings. The van der Waals surface area contributed by atoms with Gasteiger partial charge in [-0.15, -0.1) is 0 Å². The van der Waals surface area contributed by atoms with Crippen molar-refractivity contribution in [2.45, 2.75) is 38.9 Å². The maximum absolute atomic E-state index is 10.2. The van der Waals surface area contributed by atoms with Crippen LogP contribution in [0.4, 0.5) is 0 Å². The molecule has 0 spiro atoms. The minimum Gasteiger partial charge on any atom is -0.427 e. The molecule has 0 unspecified atom stereocenters. The van der Waals surface area contributed by atoms with E-state index in [-0.39, 0.29) is 0 Å². The first kappa shape index (κ1) is 17.1. The van der Waals surface area contributed by atoms with Gasteiger partial charge in [-0.05, 0) is 56.4 Å². The highest BCUT2D eigenvalue weighted by molar-refractivity contribution is 6.49. The molecule has 0 aromatic heterocycles. The highest BCUT2D eigenvalue weighted by Gasteiger charge is 2.35. The second-order valence-corrected chi connectivity index (χ2v) is 6.84. The highest BCUT2D eigenvalue weighted by Crippen LogP contribution is 2.25. The molecule has 0 saturated carbocycles. The van der Waals surface area contributed by atoms with Gasteiger partial charge in [0.25, 0.3) is 0 Å². The monoisotopic (exact) mass is 315 g/mol. The SMILES string of the molecule is CC(C)(O)C(C)(C)O[B]c1ccccc1-c1ccc(Cl)cc1. The van der Waals surface area contributed by atoms with Crippen LogP contribution in [0, 0.1) is 0 Å². The number of benzene rings is 2. The summed E-state index contributed by atoms with van der Waals surface area (Å²) in [5.41, 5.74) is 1.45. The Hall–Kier alpha value is -1.29. The van der Waals surface area contributed by atoms with Gasteiger partial charge in [0, 0.05) is 5.02 Å². The Balaban J connectivity index is 2.24. The van der Waals surface area contributed by atoms with Crippen LogP contribution in [-0.4, -0.2) is 23.8 Å². The van der Waals surface area contributed by atoms with Gasteiger partial charge in [-0.2, -0.15) is 0 Å². The molecule has 1 radical (unpaired) electrons. The third-order valence-electron chi connectivity index (χ3n) is 4.07. The van der Waals surface area contributed by atoms with E-state index in [9.17, 15) is 5.11 Å². The van der Waals surface area contributed by atoms with Crippen LogP contribution in [0.25, 0.3) is 11.1 Å². The summed E-state index contributed by atoms with van der Waals surface area (Å²) in [5.74, 6) is 0. The normalized spacial score (nSPS) is 12.3. The number of hydrogen-bond acceptors (Lipinski definition) is 2. The minimum atomic E-state index is -0.946. The summed E-state index contributed by atoms with van der Waals surface area (Å²) in [6.07, 6.45) is 0. The van der Waals surface area contributed by atoms with Gasteiger partial charge in [0.05, 0.1) is 11.2 Å². The Morgan fingerprint density at radius 2 is 1.55 bits per heavy atom. The predicted molar refractivity (Wildman–Crippen MR) is 93.7 cm³/mol. The van der Waals surface area contributed by atoms with Gasteiger partial charge in [-0.25, -0.2) is 0 Å². The smallest absolute Gasteiger partial charge is 0.331 e. The molecule has 4 heteroatoms. The summed E-state index contributed by atoms with van der Waals surface area (Å²) in [6, 6.07) is 15.7. The topological polar surface area (TPSA) is 29.5 Å². The Kier molecular flexibility index (Phi) is 5.01. The van der Waals surface area contributed by atoms with Gasteiger partial charge in [0.15, 0.2) is 0 Å². The second-order valence-electron chi connectivity index (χ2n) is 6.40. The number of aliphatic hydroxyl groups is 1. The summed E-state index contributed by atoms with van der Waals surface area (Å²) < 4.78 is 5.86. The molecule has 0 amide bonds. The van der Waals surface area contributed by atoms with Crippen LogP contribution in [0.15, 0.2) is 48.5 Å². The fourth-order valence-corrected chi connectivity index (χ4v) is 1.97. The van der Waals surface area contributed by atoms with E-state index in [4.69, 9.17) is 16.3 Å². The van der Waals surface area contributed by atoms with Gasteiger partial charge in [0.2, 0.25) is 0 Å². The summed E-state index contributed by atoms with van der Waals surface area (Å²) in [4.78, 5) is 0. The van der Waals surface area contributed by atoms with Crippen LogP contribution in [0.2, 0.25) is 5.02 Å². The molecule has 115 valence electrons. The lowest BCUT2D eigenvalue weighted by atomic mass is 9.79. The van der Waals surface area contributed by atoms with Crippen molar-refractivity contribution in [3.63, 3.8) is 0 Å². The van der Waals surface area contributed by atoms with Crippen LogP contribution < -0.4 is 5.46 Å². The summed E-state index contributed by atoms with van der Waals surface area (Å²) in [6.45, 7) is 7.22. The summed E-state index contributed by atoms with van der Waals surface area (Å²) in [5, 5.41) is 10.9. The molecule has 2 nitrogen and oxygen atoms in total. The number of hydrogen-bond donors (Lipinski definition) is 1. The van der Waals surface area contributed by atoms with E-state index >= 15 is 0 Å². The fraction of sp³-hybridized carbons (Fsp3) is 0.333. The van der Waals surface area contributed by atoms with Gasteiger partial charge in [-0.1, -0.05) is 48.0 Å². The van der Waals surface area contributed by atoms with Gasteiger partial charge in [-0.3, -0.25) is 0 Å². The van der Waals surface area contributed by atoms with Crippen molar-refractivity contribution in [1.29, 1.82) is 0 Å². The van der Waals surface area contributed by atoms with Crippen molar-refractivity contribution in [3.05, 3.63) is 53.6 Å². The molecular formula is C18H21BClO2. The van der Waals surface area contributed by atoms with Crippen LogP contribution in [0.3, 0.4) is 0 Å². The van der Waals surface area contributed by atoms with E-state index in [2.05, 4.69) is 0 Å². The summed E-state index contributed by atoms with van der Waals surface area (Å²) >= 11 is 5.95. The van der Waals surface area contributed by atoms with Crippen molar-refractivity contribution >= 4 is 24.5 Å². The molecule has 0 aliphatic heterocycles. The molecule has 0 bridgehead atoms. The van der Waals surface area contributed by atoms with Gasteiger partial charge >= 0.3 is 7.48 Å². The lowest BCUT2D eigenvalue weighted by Crippen LogP contribution is -2.49. The average molecular weight is 316 g/mol. The van der Waals surface area contributed by atoms with E-state index in [1.54, 1.807) is 21.3 Å². The van der Waals surface area contributed by atoms with E-state index in [1.165, 1.54) is 0 Å². The van der Waals surface area contributed by atoms with E-state index in [1.807, 2.05) is 62.4 Å². The quantitative estimate of drug-likeness (QED) is 0.850. The Morgan fingerprint density at radius 1 is 0.955 bits per heavy atom. The molecule has 0 aliphatic carbocycles. The lowest BCUT2D eigenvalue weighted by molar-refractivity contribution is -0.0893. The standard InChI is InChI=1S/C18H21BClO2/c1-17(2,21)18(3,4)22-19-16-8-6-5-7-15(16)13-9-11-14(20)12-10-13/h5-12,21H,1-4H3. The molecule has 0 aliphatic rings. The Morgan fingerprint density at radius 3 is 2.14 bits per heavy atom. The lowest BCUT2D eigenvalue weighted by Gasteiger charge is -2.37. The molecule has 2 aromatic rings. The predicted octanol–water partition coefficient (Wildman–Crippen LogP) is 3.82. The molecule has 0 heterocycles. The van der Waals surface area contributed by atoms with Crippen LogP contribution in [0.5, 0.6) is 0 Å². The average Bonchev–Trinajstić information content (AvgIpc) is 2.45. The van der Waals surface area contributed by atoms with E-state index in [0.29, 0.717) is 5.02 Å². The van der Waals surface area contributed by atoms with Gasteiger partial charge in [0.1, 0.15) is 0 Å². The zero-order valence-electron chi connectivity index (χ0n) is 13.4. The molecule has 0 atom stereocenters. The number of halogens is 1. The van der Waals surface area contributed by atoms with E-state index < -0.39 is 11.2 Å². The van der Waals surface area contributed by atoms with Crippen LogP contribution in [-0.2, 0) is 4.65 Å². The van der Waals surface area contributed by atoms with E-state index in [0.717, 1.165) is 16.6 Å². The highest BCUT2D eigenvalue weighted by atomic mass is 35.5. The van der Waals surface area contributed by atoms with Crippen molar-refractivity contribution in [3.8, 4) is 11.1 Å². The molecule has 0 saturated heterocycles. The molecular weight excluding hydrogens is 294 g/mol. The Bertz CT molecular complexity index is 630. The van der Waals surface area contributed by atoms with Crippen molar-refractivity contribution in [2.24, 2.45) is 0 Å². The zero-order valence-corrected chi connectivity index (χ0v) is 14.2.